The summed E-state index contributed by atoms with van der Waals surface area (Å²) in [6.07, 6.45) is -1.48. The number of amides is 4. The van der Waals surface area contributed by atoms with Crippen LogP contribution in [0.2, 0.25) is 0 Å². The normalized spacial score (nSPS) is 19.9. The third-order valence-electron chi connectivity index (χ3n) is 6.49. The number of hydrazine groups is 1. The smallest absolute Gasteiger partial charge is 0.334 e. The number of carboxylic acids is 1. The predicted octanol–water partition coefficient (Wildman–Crippen LogP) is 1.25. The van der Waals surface area contributed by atoms with Gasteiger partial charge in [0.25, 0.3) is 0 Å². The SMILES string of the molecule is CN1CC(=O)N2[C@@H](CC(=O)O)C(=O)N(CCOCc3ccc(F)cc3)C[C@@H]2N1C(=O)NCc1ccccc1. The number of likely N-dealkylation sites (N-methyl/N-ethyl adjacent to an activating group) is 1. The first kappa shape index (κ1) is 27.0. The molecule has 2 aromatic rings. The van der Waals surface area contributed by atoms with E-state index in [9.17, 15) is 28.7 Å². The molecule has 0 radical (unpaired) electrons. The Morgan fingerprint density at radius 3 is 2.47 bits per heavy atom. The molecule has 4 amide bonds. The first-order valence-corrected chi connectivity index (χ1v) is 12.2. The molecule has 4 rings (SSSR count). The summed E-state index contributed by atoms with van der Waals surface area (Å²) in [5.74, 6) is -2.54. The van der Waals surface area contributed by atoms with E-state index in [1.54, 1.807) is 19.2 Å². The second kappa shape index (κ2) is 12.0. The molecule has 2 N–H and O–H groups in total. The van der Waals surface area contributed by atoms with E-state index >= 15 is 0 Å². The standard InChI is InChI=1S/C26H30FN5O6/c1-29-16-23(33)31-21(13-24(34)35)25(36)30(11-12-38-17-19-7-9-20(27)10-8-19)15-22(31)32(29)26(37)28-14-18-5-3-2-4-6-18/h2-10,21-22H,11-17H2,1H3,(H,28,37)(H,34,35)/t21-,22-/m0/s1. The number of fused-ring (bicyclic) bond motifs is 1. The van der Waals surface area contributed by atoms with Crippen LogP contribution < -0.4 is 5.32 Å². The summed E-state index contributed by atoms with van der Waals surface area (Å²) in [7, 11) is 1.59. The largest absolute Gasteiger partial charge is 0.481 e. The minimum absolute atomic E-state index is 0.0102. The molecule has 0 aromatic heterocycles. The Morgan fingerprint density at radius 2 is 1.79 bits per heavy atom. The van der Waals surface area contributed by atoms with Gasteiger partial charge in [-0.05, 0) is 23.3 Å². The molecule has 2 fully saturated rings. The van der Waals surface area contributed by atoms with Crippen LogP contribution in [-0.4, -0.2) is 94.2 Å². The summed E-state index contributed by atoms with van der Waals surface area (Å²) in [6.45, 7) is 0.509. The molecule has 202 valence electrons. The Hall–Kier alpha value is -4.03. The van der Waals surface area contributed by atoms with E-state index < -0.39 is 42.4 Å². The number of benzene rings is 2. The highest BCUT2D eigenvalue weighted by molar-refractivity contribution is 5.93. The molecule has 11 nitrogen and oxygen atoms in total. The molecule has 2 saturated heterocycles. The zero-order valence-corrected chi connectivity index (χ0v) is 21.0. The van der Waals surface area contributed by atoms with Gasteiger partial charge in [0.05, 0.1) is 32.7 Å². The van der Waals surface area contributed by atoms with Gasteiger partial charge in [0, 0.05) is 20.1 Å². The number of piperazine rings is 1. The van der Waals surface area contributed by atoms with Crippen LogP contribution in [0.15, 0.2) is 54.6 Å². The molecule has 2 heterocycles. The lowest BCUT2D eigenvalue weighted by atomic mass is 10.0. The molecule has 2 aliphatic rings. The molecular weight excluding hydrogens is 497 g/mol. The van der Waals surface area contributed by atoms with Crippen molar-refractivity contribution in [2.24, 2.45) is 0 Å². The second-order valence-electron chi connectivity index (χ2n) is 9.16. The van der Waals surface area contributed by atoms with E-state index in [1.165, 1.54) is 32.0 Å². The fourth-order valence-electron chi connectivity index (χ4n) is 4.67. The highest BCUT2D eigenvalue weighted by Gasteiger charge is 2.51. The van der Waals surface area contributed by atoms with E-state index in [1.807, 2.05) is 30.3 Å². The van der Waals surface area contributed by atoms with Crippen molar-refractivity contribution < 1.29 is 33.4 Å². The quantitative estimate of drug-likeness (QED) is 0.471. The van der Waals surface area contributed by atoms with Gasteiger partial charge in [-0.15, -0.1) is 0 Å². The number of ether oxygens (including phenoxy) is 1. The fraction of sp³-hybridized carbons (Fsp3) is 0.385. The van der Waals surface area contributed by atoms with Crippen molar-refractivity contribution in [3.63, 3.8) is 0 Å². The Morgan fingerprint density at radius 1 is 1.08 bits per heavy atom. The summed E-state index contributed by atoms with van der Waals surface area (Å²) in [4.78, 5) is 53.8. The third-order valence-corrected chi connectivity index (χ3v) is 6.49. The zero-order chi connectivity index (χ0) is 27.2. The van der Waals surface area contributed by atoms with Crippen LogP contribution in [-0.2, 0) is 32.3 Å². The van der Waals surface area contributed by atoms with Crippen LogP contribution in [0.25, 0.3) is 0 Å². The van der Waals surface area contributed by atoms with Gasteiger partial charge in [0.1, 0.15) is 18.0 Å². The second-order valence-corrected chi connectivity index (χ2v) is 9.16. The highest BCUT2D eigenvalue weighted by Crippen LogP contribution is 2.27. The molecule has 0 spiro atoms. The average Bonchev–Trinajstić information content (AvgIpc) is 2.88. The molecule has 38 heavy (non-hydrogen) atoms. The number of rotatable bonds is 9. The topological polar surface area (TPSA) is 123 Å². The van der Waals surface area contributed by atoms with Crippen molar-refractivity contribution in [1.29, 1.82) is 0 Å². The molecular formula is C26H30FN5O6. The van der Waals surface area contributed by atoms with Crippen LogP contribution in [0.3, 0.4) is 0 Å². The lowest BCUT2D eigenvalue weighted by Gasteiger charge is -2.54. The molecule has 12 heteroatoms. The Balaban J connectivity index is 1.48. The van der Waals surface area contributed by atoms with Gasteiger partial charge in [-0.2, -0.15) is 0 Å². The number of hydrogen-bond donors (Lipinski definition) is 2. The number of urea groups is 1. The van der Waals surface area contributed by atoms with Crippen LogP contribution in [0, 0.1) is 5.82 Å². The highest BCUT2D eigenvalue weighted by atomic mass is 19.1. The molecule has 0 bridgehead atoms. The summed E-state index contributed by atoms with van der Waals surface area (Å²) in [6, 6.07) is 13.4. The van der Waals surface area contributed by atoms with Crippen molar-refractivity contribution in [1.82, 2.24) is 25.1 Å². The summed E-state index contributed by atoms with van der Waals surface area (Å²) in [5.41, 5.74) is 1.64. The number of halogens is 1. The van der Waals surface area contributed by atoms with Crippen molar-refractivity contribution in [2.45, 2.75) is 31.8 Å². The lowest BCUT2D eigenvalue weighted by molar-refractivity contribution is -0.189. The minimum atomic E-state index is -1.26. The Labute approximate surface area is 219 Å². The molecule has 0 unspecified atom stereocenters. The monoisotopic (exact) mass is 527 g/mol. The van der Waals surface area contributed by atoms with Gasteiger partial charge < -0.3 is 25.0 Å². The molecule has 2 atom stereocenters. The summed E-state index contributed by atoms with van der Waals surface area (Å²) in [5, 5.41) is 15.2. The van der Waals surface area contributed by atoms with Gasteiger partial charge in [0.2, 0.25) is 11.8 Å². The zero-order valence-electron chi connectivity index (χ0n) is 21.0. The van der Waals surface area contributed by atoms with Crippen LogP contribution in [0.4, 0.5) is 9.18 Å². The number of carbonyl (C=O) groups excluding carboxylic acids is 3. The van der Waals surface area contributed by atoms with Crippen LogP contribution in [0.5, 0.6) is 0 Å². The van der Waals surface area contributed by atoms with Gasteiger partial charge in [-0.25, -0.2) is 19.2 Å². The van der Waals surface area contributed by atoms with Crippen molar-refractivity contribution >= 4 is 23.8 Å². The Kier molecular flexibility index (Phi) is 8.54. The first-order valence-electron chi connectivity index (χ1n) is 12.2. The summed E-state index contributed by atoms with van der Waals surface area (Å²) >= 11 is 0. The molecule has 0 aliphatic carbocycles. The fourth-order valence-corrected chi connectivity index (χ4v) is 4.67. The number of hydrogen-bond acceptors (Lipinski definition) is 6. The van der Waals surface area contributed by atoms with E-state index in [2.05, 4.69) is 5.32 Å². The number of aliphatic carboxylic acids is 1. The number of carbonyl (C=O) groups is 4. The van der Waals surface area contributed by atoms with Crippen molar-refractivity contribution in [2.75, 3.05) is 33.3 Å². The van der Waals surface area contributed by atoms with E-state index in [0.717, 1.165) is 11.1 Å². The predicted molar refractivity (Wildman–Crippen MR) is 132 cm³/mol. The van der Waals surface area contributed by atoms with E-state index in [4.69, 9.17) is 4.74 Å². The summed E-state index contributed by atoms with van der Waals surface area (Å²) < 4.78 is 18.8. The maximum Gasteiger partial charge on any atom is 0.334 e. The van der Waals surface area contributed by atoms with Gasteiger partial charge >= 0.3 is 12.0 Å². The molecule has 2 aromatic carbocycles. The maximum atomic E-state index is 13.3. The van der Waals surface area contributed by atoms with Crippen molar-refractivity contribution in [3.8, 4) is 0 Å². The van der Waals surface area contributed by atoms with E-state index in [-0.39, 0.29) is 45.2 Å². The average molecular weight is 528 g/mol. The number of nitrogens with one attached hydrogen (secondary N) is 1. The first-order chi connectivity index (χ1) is 18.2. The van der Waals surface area contributed by atoms with Crippen LogP contribution in [0.1, 0.15) is 17.5 Å². The molecule has 0 saturated carbocycles. The maximum absolute atomic E-state index is 13.3. The minimum Gasteiger partial charge on any atom is -0.481 e. The number of nitrogens with zero attached hydrogens (tertiary/aromatic N) is 4. The van der Waals surface area contributed by atoms with Gasteiger partial charge in [-0.3, -0.25) is 14.4 Å². The third kappa shape index (κ3) is 6.26. The van der Waals surface area contributed by atoms with Crippen LogP contribution >= 0.6 is 0 Å². The Bertz CT molecular complexity index is 1160. The van der Waals surface area contributed by atoms with Gasteiger partial charge in [0.15, 0.2) is 0 Å². The van der Waals surface area contributed by atoms with Gasteiger partial charge in [-0.1, -0.05) is 42.5 Å². The number of carboxylic acid groups (broad SMARTS) is 1. The van der Waals surface area contributed by atoms with E-state index in [0.29, 0.717) is 0 Å². The molecule has 2 aliphatic heterocycles. The van der Waals surface area contributed by atoms with Crippen molar-refractivity contribution in [3.05, 3.63) is 71.5 Å². The lowest BCUT2D eigenvalue weighted by Crippen LogP contribution is -2.76.